The van der Waals surface area contributed by atoms with Crippen LogP contribution >= 0.6 is 19.4 Å². The van der Waals surface area contributed by atoms with E-state index in [4.69, 9.17) is 19.4 Å². The summed E-state index contributed by atoms with van der Waals surface area (Å²) in [5, 5.41) is 2.62. The van der Waals surface area contributed by atoms with Crippen LogP contribution in [0.5, 0.6) is 0 Å². The van der Waals surface area contributed by atoms with Crippen molar-refractivity contribution in [3.05, 3.63) is 48.5 Å². The van der Waals surface area contributed by atoms with Crippen LogP contribution in [-0.4, -0.2) is 0 Å². The van der Waals surface area contributed by atoms with Gasteiger partial charge in [-0.25, -0.2) is 0 Å². The van der Waals surface area contributed by atoms with Crippen molar-refractivity contribution in [2.24, 2.45) is 0 Å². The second-order valence-corrected chi connectivity index (χ2v) is 7.07. The van der Waals surface area contributed by atoms with Crippen LogP contribution < -0.4 is 18.9 Å². The van der Waals surface area contributed by atoms with Crippen molar-refractivity contribution >= 4 is 30.2 Å². The van der Waals surface area contributed by atoms with Gasteiger partial charge in [-0.3, -0.25) is 0 Å². The fourth-order valence-corrected chi connectivity index (χ4v) is 1.13. The smallest absolute Gasteiger partial charge is 1.00 e. The number of hydrogen-bond donors (Lipinski definition) is 0. The van der Waals surface area contributed by atoms with Gasteiger partial charge in [0.1, 0.15) is 0 Å². The van der Waals surface area contributed by atoms with Crippen molar-refractivity contribution < 1.29 is 35.4 Å². The van der Waals surface area contributed by atoms with Gasteiger partial charge < -0.3 is 1.43 Å². The molecule has 0 nitrogen and oxygen atoms in total. The molecule has 0 saturated heterocycles. The second kappa shape index (κ2) is 8.78. The van der Waals surface area contributed by atoms with E-state index in [2.05, 4.69) is 48.5 Å². The van der Waals surface area contributed by atoms with E-state index in [1.54, 1.807) is 0 Å². The molecule has 0 heterocycles. The van der Waals surface area contributed by atoms with E-state index in [0.29, 0.717) is 0 Å². The van der Waals surface area contributed by atoms with Crippen LogP contribution in [0.3, 0.4) is 0 Å². The van der Waals surface area contributed by atoms with Gasteiger partial charge >= 0.3 is 53.4 Å². The molecule has 2 rings (SSSR count). The molecule has 0 fully saturated rings. The molecule has 66 valence electrons. The summed E-state index contributed by atoms with van der Waals surface area (Å²) in [5.41, 5.74) is 0. The van der Waals surface area contributed by atoms with Gasteiger partial charge in [-0.2, -0.15) is 0 Å². The van der Waals surface area contributed by atoms with E-state index in [-0.39, 0.29) is 20.3 Å². The van der Waals surface area contributed by atoms with E-state index in [0.717, 1.165) is 0 Å². The second-order valence-electron chi connectivity index (χ2n) is 2.45. The Morgan fingerprint density at radius 2 is 1.00 bits per heavy atom. The predicted molar refractivity (Wildman–Crippen MR) is 56.8 cm³/mol. The maximum Gasteiger partial charge on any atom is 1.00 e. The maximum absolute atomic E-state index is 4.95. The van der Waals surface area contributed by atoms with Crippen molar-refractivity contribution in [1.82, 2.24) is 0 Å². The fourth-order valence-electron chi connectivity index (χ4n) is 1.13. The zero-order valence-corrected chi connectivity index (χ0v) is 12.6. The van der Waals surface area contributed by atoms with Gasteiger partial charge in [0, 0.05) is 0 Å². The Morgan fingerprint density at radius 1 is 0.786 bits per heavy atom. The van der Waals surface area contributed by atoms with Gasteiger partial charge in [0.05, 0.1) is 0 Å². The van der Waals surface area contributed by atoms with Gasteiger partial charge in [0.25, 0.3) is 0 Å². The first kappa shape index (κ1) is 14.5. The van der Waals surface area contributed by atoms with Crippen LogP contribution in [0.4, 0.5) is 0 Å². The summed E-state index contributed by atoms with van der Waals surface area (Å²) in [4.78, 5) is 0. The molecule has 0 saturated carbocycles. The molecule has 0 radical (unpaired) electrons. The van der Waals surface area contributed by atoms with Gasteiger partial charge in [-0.15, -0.1) is 0 Å². The van der Waals surface area contributed by atoms with E-state index in [9.17, 15) is 0 Å². The number of rotatable bonds is 0. The van der Waals surface area contributed by atoms with Crippen molar-refractivity contribution in [2.75, 3.05) is 0 Å². The zero-order chi connectivity index (χ0) is 9.52. The van der Waals surface area contributed by atoms with E-state index < -0.39 is 15.1 Å². The Balaban J connectivity index is 0. The third-order valence-electron chi connectivity index (χ3n) is 1.66. The SMILES string of the molecule is [Cl][Zn][Cl].[H-].[Li+].c1ccc2ccccc2c1. The van der Waals surface area contributed by atoms with Crippen molar-refractivity contribution in [2.45, 2.75) is 0 Å². The summed E-state index contributed by atoms with van der Waals surface area (Å²) in [6, 6.07) is 16.7. The van der Waals surface area contributed by atoms with Gasteiger partial charge in [-0.05, 0) is 10.8 Å². The molecule has 0 unspecified atom stereocenters. The van der Waals surface area contributed by atoms with Crippen molar-refractivity contribution in [1.29, 1.82) is 0 Å². The molecule has 0 spiro atoms. The summed E-state index contributed by atoms with van der Waals surface area (Å²) >= 11 is -0.931. The minimum absolute atomic E-state index is 0. The number of benzene rings is 2. The first-order chi connectivity index (χ1) is 6.38. The van der Waals surface area contributed by atoms with Gasteiger partial charge in [-0.1, -0.05) is 48.5 Å². The molecule has 2 aromatic carbocycles. The van der Waals surface area contributed by atoms with E-state index in [1.807, 2.05) is 0 Å². The molecule has 0 aromatic heterocycles. The molecule has 0 atom stereocenters. The molecule has 0 aliphatic carbocycles. The van der Waals surface area contributed by atoms with Crippen molar-refractivity contribution in [3.63, 3.8) is 0 Å². The van der Waals surface area contributed by atoms with Crippen LogP contribution in [0.2, 0.25) is 0 Å². The molecule has 0 bridgehead atoms. The molecule has 0 N–H and O–H groups in total. The Hall–Kier alpha value is 0.501. The molecule has 0 aliphatic rings. The number of fused-ring (bicyclic) bond motifs is 1. The predicted octanol–water partition coefficient (Wildman–Crippen LogP) is 1.33. The molecular formula is C10H9Cl2LiZn. The Bertz CT molecular complexity index is 308. The average Bonchev–Trinajstić information content (AvgIpc) is 2.19. The Labute approximate surface area is 113 Å². The first-order valence-corrected chi connectivity index (χ1v) is 11.7. The number of hydrogen-bond acceptors (Lipinski definition) is 0. The van der Waals surface area contributed by atoms with Crippen LogP contribution in [0.15, 0.2) is 48.5 Å². The van der Waals surface area contributed by atoms with Crippen LogP contribution in [-0.2, 0) is 15.1 Å². The third kappa shape index (κ3) is 4.83. The number of halogens is 2. The Morgan fingerprint density at radius 3 is 1.21 bits per heavy atom. The summed E-state index contributed by atoms with van der Waals surface area (Å²) in [6.07, 6.45) is 0. The maximum atomic E-state index is 4.95. The standard InChI is InChI=1S/C10H8.2ClH.Li.Zn.H/c1-2-6-10-8-4-3-7-9(10)5-1;;;;;/h1-8H;2*1H;;;/q;;;+1;+2;-1/p-2. The Kier molecular flexibility index (Phi) is 9.09. The third-order valence-corrected chi connectivity index (χ3v) is 1.66. The summed E-state index contributed by atoms with van der Waals surface area (Å²) in [7, 11) is 9.90. The molecular weight excluding hydrogens is 263 g/mol. The monoisotopic (exact) mass is 270 g/mol. The quantitative estimate of drug-likeness (QED) is 0.635. The topological polar surface area (TPSA) is 0 Å². The van der Waals surface area contributed by atoms with E-state index in [1.165, 1.54) is 10.8 Å². The van der Waals surface area contributed by atoms with Gasteiger partial charge in [0.15, 0.2) is 0 Å². The molecule has 0 amide bonds. The first-order valence-electron chi connectivity index (χ1n) is 3.94. The summed E-state index contributed by atoms with van der Waals surface area (Å²) in [6.45, 7) is 0. The van der Waals surface area contributed by atoms with Crippen LogP contribution in [0.1, 0.15) is 1.43 Å². The van der Waals surface area contributed by atoms with Crippen LogP contribution in [0.25, 0.3) is 10.8 Å². The molecule has 0 aliphatic heterocycles. The van der Waals surface area contributed by atoms with Gasteiger partial charge in [0.2, 0.25) is 0 Å². The normalized spacial score (nSPS) is 7.86. The minimum atomic E-state index is -0.931. The minimum Gasteiger partial charge on any atom is -1.00 e. The zero-order valence-electron chi connectivity index (χ0n) is 9.08. The molecule has 14 heavy (non-hydrogen) atoms. The van der Waals surface area contributed by atoms with E-state index >= 15 is 0 Å². The molecule has 2 aromatic rings. The van der Waals surface area contributed by atoms with Crippen molar-refractivity contribution in [3.8, 4) is 0 Å². The largest absolute Gasteiger partial charge is 1.00 e. The fraction of sp³-hybridized carbons (Fsp3) is 0. The average molecular weight is 272 g/mol. The summed E-state index contributed by atoms with van der Waals surface area (Å²) in [5.74, 6) is 0. The molecule has 4 heteroatoms. The summed E-state index contributed by atoms with van der Waals surface area (Å²) < 4.78 is 0. The van der Waals surface area contributed by atoms with Crippen LogP contribution in [0, 0.1) is 0 Å².